The van der Waals surface area contributed by atoms with E-state index in [1.807, 2.05) is 0 Å². The van der Waals surface area contributed by atoms with Gasteiger partial charge in [-0.05, 0) is 43.2 Å². The largest absolute Gasteiger partial charge is 0.447 e. The third-order valence-corrected chi connectivity index (χ3v) is 5.75. The molecule has 1 aromatic heterocycles. The number of anilines is 2. The van der Waals surface area contributed by atoms with Crippen LogP contribution in [0.2, 0.25) is 0 Å². The Balaban J connectivity index is 1.25. The van der Waals surface area contributed by atoms with Crippen molar-refractivity contribution in [2.45, 2.75) is 18.8 Å². The predicted octanol–water partition coefficient (Wildman–Crippen LogP) is 4.24. The fourth-order valence-electron chi connectivity index (χ4n) is 4.09. The Labute approximate surface area is 189 Å². The number of hydrogen-bond acceptors (Lipinski definition) is 6. The average molecular weight is 451 g/mol. The first-order chi connectivity index (χ1) is 16.1. The number of ether oxygens (including phenoxy) is 1. The second-order valence-electron chi connectivity index (χ2n) is 8.00. The van der Waals surface area contributed by atoms with Gasteiger partial charge in [-0.3, -0.25) is 4.90 Å². The number of hydrogen-bond donors (Lipinski definition) is 1. The Bertz CT molecular complexity index is 1180. The van der Waals surface area contributed by atoms with Crippen LogP contribution in [0, 0.1) is 5.82 Å². The Hall–Kier alpha value is -3.95. The van der Waals surface area contributed by atoms with Gasteiger partial charge in [-0.15, -0.1) is 0 Å². The summed E-state index contributed by atoms with van der Waals surface area (Å²) in [5.41, 5.74) is 1.80. The van der Waals surface area contributed by atoms with E-state index in [2.05, 4.69) is 15.5 Å². The van der Waals surface area contributed by atoms with Crippen LogP contribution < -0.4 is 10.2 Å². The minimum absolute atomic E-state index is 0.106. The van der Waals surface area contributed by atoms with Crippen LogP contribution in [-0.2, 0) is 4.74 Å². The molecule has 10 heteroatoms. The Kier molecular flexibility index (Phi) is 5.64. The highest BCUT2D eigenvalue weighted by Gasteiger charge is 2.29. The second kappa shape index (κ2) is 8.89. The molecule has 0 bridgehead atoms. The number of aromatic nitrogens is 2. The number of urea groups is 1. The number of likely N-dealkylation sites (tertiary alicyclic amines) is 1. The lowest BCUT2D eigenvalue weighted by molar-refractivity contribution is 0.181. The fourth-order valence-corrected chi connectivity index (χ4v) is 4.09. The van der Waals surface area contributed by atoms with Crippen molar-refractivity contribution in [3.05, 3.63) is 60.2 Å². The Morgan fingerprint density at radius 1 is 1.15 bits per heavy atom. The summed E-state index contributed by atoms with van der Waals surface area (Å²) in [4.78, 5) is 32.4. The first-order valence-corrected chi connectivity index (χ1v) is 10.8. The molecule has 2 aliphatic rings. The quantitative estimate of drug-likeness (QED) is 0.637. The first kappa shape index (κ1) is 20.9. The summed E-state index contributed by atoms with van der Waals surface area (Å²) < 4.78 is 23.9. The van der Waals surface area contributed by atoms with Crippen LogP contribution in [0.25, 0.3) is 11.4 Å². The molecule has 9 nitrogen and oxygen atoms in total. The molecule has 2 aliphatic heterocycles. The molecule has 1 atom stereocenters. The zero-order chi connectivity index (χ0) is 22.8. The molecule has 0 aliphatic carbocycles. The normalized spacial score (nSPS) is 18.3. The summed E-state index contributed by atoms with van der Waals surface area (Å²) in [6, 6.07) is 12.9. The summed E-state index contributed by atoms with van der Waals surface area (Å²) in [5.74, 6) is 0.278. The van der Waals surface area contributed by atoms with Crippen molar-refractivity contribution in [2.24, 2.45) is 0 Å². The van der Waals surface area contributed by atoms with Crippen LogP contribution in [0.15, 0.2) is 53.1 Å². The lowest BCUT2D eigenvalue weighted by atomic mass is 9.98. The number of carbonyl (C=O) groups excluding carboxylic acids is 2. The summed E-state index contributed by atoms with van der Waals surface area (Å²) >= 11 is 0. The molecule has 170 valence electrons. The molecule has 0 spiro atoms. The van der Waals surface area contributed by atoms with Crippen molar-refractivity contribution in [3.63, 3.8) is 0 Å². The van der Waals surface area contributed by atoms with E-state index in [0.717, 1.165) is 12.8 Å². The lowest BCUT2D eigenvalue weighted by Gasteiger charge is -2.31. The summed E-state index contributed by atoms with van der Waals surface area (Å²) in [5, 5.41) is 6.88. The van der Waals surface area contributed by atoms with Gasteiger partial charge in [-0.1, -0.05) is 23.4 Å². The minimum Gasteiger partial charge on any atom is -0.447 e. The molecular weight excluding hydrogens is 429 g/mol. The molecule has 1 unspecified atom stereocenters. The number of amides is 3. The molecule has 5 rings (SSSR count). The van der Waals surface area contributed by atoms with Gasteiger partial charge in [0.1, 0.15) is 12.4 Å². The molecule has 1 N–H and O–H groups in total. The van der Waals surface area contributed by atoms with E-state index < -0.39 is 6.09 Å². The van der Waals surface area contributed by atoms with Crippen molar-refractivity contribution < 1.29 is 23.2 Å². The second-order valence-corrected chi connectivity index (χ2v) is 8.00. The molecule has 3 amide bonds. The molecule has 3 heterocycles. The average Bonchev–Trinajstić information content (AvgIpc) is 3.49. The van der Waals surface area contributed by atoms with Crippen LogP contribution in [0.3, 0.4) is 0 Å². The van der Waals surface area contributed by atoms with Gasteiger partial charge < -0.3 is 19.5 Å². The molecule has 2 aromatic carbocycles. The van der Waals surface area contributed by atoms with E-state index in [9.17, 15) is 14.0 Å². The number of piperidine rings is 1. The minimum atomic E-state index is -0.394. The van der Waals surface area contributed by atoms with Gasteiger partial charge in [0, 0.05) is 30.0 Å². The van der Waals surface area contributed by atoms with Crippen molar-refractivity contribution in [1.82, 2.24) is 15.0 Å². The van der Waals surface area contributed by atoms with Gasteiger partial charge in [0.25, 0.3) is 0 Å². The van der Waals surface area contributed by atoms with Crippen molar-refractivity contribution >= 4 is 23.5 Å². The molecule has 0 radical (unpaired) electrons. The first-order valence-electron chi connectivity index (χ1n) is 10.8. The summed E-state index contributed by atoms with van der Waals surface area (Å²) in [6.45, 7) is 1.85. The number of carbonyl (C=O) groups is 2. The van der Waals surface area contributed by atoms with E-state index in [1.54, 1.807) is 41.3 Å². The number of cyclic esters (lactones) is 1. The molecule has 2 fully saturated rings. The maximum Gasteiger partial charge on any atom is 0.414 e. The van der Waals surface area contributed by atoms with E-state index in [1.165, 1.54) is 17.0 Å². The third-order valence-electron chi connectivity index (χ3n) is 5.75. The smallest absolute Gasteiger partial charge is 0.414 e. The third kappa shape index (κ3) is 4.50. The fraction of sp³-hybridized carbons (Fsp3) is 0.304. The highest BCUT2D eigenvalue weighted by atomic mass is 19.1. The van der Waals surface area contributed by atoms with E-state index in [0.29, 0.717) is 54.9 Å². The van der Waals surface area contributed by atoms with Crippen molar-refractivity contribution in [2.75, 3.05) is 36.5 Å². The van der Waals surface area contributed by atoms with Gasteiger partial charge >= 0.3 is 12.1 Å². The Morgan fingerprint density at radius 3 is 2.85 bits per heavy atom. The zero-order valence-corrected chi connectivity index (χ0v) is 17.7. The monoisotopic (exact) mass is 451 g/mol. The topological polar surface area (TPSA) is 101 Å². The Morgan fingerprint density at radius 2 is 2.03 bits per heavy atom. The molecular formula is C23H22FN5O4. The maximum absolute atomic E-state index is 13.5. The highest BCUT2D eigenvalue weighted by Crippen LogP contribution is 2.29. The van der Waals surface area contributed by atoms with Gasteiger partial charge in [-0.25, -0.2) is 14.0 Å². The zero-order valence-electron chi connectivity index (χ0n) is 17.7. The molecule has 33 heavy (non-hydrogen) atoms. The number of rotatable bonds is 4. The van der Waals surface area contributed by atoms with E-state index in [-0.39, 0.29) is 17.8 Å². The predicted molar refractivity (Wildman–Crippen MR) is 117 cm³/mol. The van der Waals surface area contributed by atoms with Gasteiger partial charge in [0.05, 0.1) is 12.5 Å². The summed E-state index contributed by atoms with van der Waals surface area (Å²) in [7, 11) is 0. The van der Waals surface area contributed by atoms with Crippen LogP contribution >= 0.6 is 0 Å². The van der Waals surface area contributed by atoms with Crippen molar-refractivity contribution in [3.8, 4) is 11.4 Å². The molecule has 2 saturated heterocycles. The van der Waals surface area contributed by atoms with E-state index >= 15 is 0 Å². The standard InChI is InChI=1S/C23H22FN5O4/c24-17-6-1-4-15(12-17)20-26-21(33-27-20)16-5-3-9-28(14-16)22(30)25-18-7-2-8-19(13-18)29-10-11-32-23(29)31/h1-2,4,6-8,12-13,16H,3,5,9-11,14H2,(H,25,30). The van der Waals surface area contributed by atoms with Crippen LogP contribution in [0.5, 0.6) is 0 Å². The number of nitrogens with one attached hydrogen (secondary N) is 1. The summed E-state index contributed by atoms with van der Waals surface area (Å²) in [6.07, 6.45) is 1.20. The maximum atomic E-state index is 13.5. The SMILES string of the molecule is O=C(Nc1cccc(N2CCOC2=O)c1)N1CCCC(c2nc(-c3cccc(F)c3)no2)C1. The number of halogens is 1. The van der Waals surface area contributed by atoms with Crippen molar-refractivity contribution in [1.29, 1.82) is 0 Å². The van der Waals surface area contributed by atoms with Crippen LogP contribution in [0.4, 0.5) is 25.4 Å². The molecule has 3 aromatic rings. The number of nitrogens with zero attached hydrogens (tertiary/aromatic N) is 4. The number of benzene rings is 2. The lowest BCUT2D eigenvalue weighted by Crippen LogP contribution is -2.41. The highest BCUT2D eigenvalue weighted by molar-refractivity contribution is 5.93. The van der Waals surface area contributed by atoms with Crippen LogP contribution in [0.1, 0.15) is 24.7 Å². The molecule has 0 saturated carbocycles. The van der Waals surface area contributed by atoms with Crippen LogP contribution in [-0.4, -0.2) is 53.4 Å². The van der Waals surface area contributed by atoms with Gasteiger partial charge in [-0.2, -0.15) is 4.98 Å². The van der Waals surface area contributed by atoms with E-state index in [4.69, 9.17) is 9.26 Å². The van der Waals surface area contributed by atoms with Gasteiger partial charge in [0.2, 0.25) is 11.7 Å². The van der Waals surface area contributed by atoms with Gasteiger partial charge in [0.15, 0.2) is 0 Å².